The van der Waals surface area contributed by atoms with Gasteiger partial charge in [-0.15, -0.1) is 0 Å². The van der Waals surface area contributed by atoms with Crippen LogP contribution in [0.1, 0.15) is 127 Å². The van der Waals surface area contributed by atoms with Crippen LogP contribution < -0.4 is 16.0 Å². The number of amides is 3. The Morgan fingerprint density at radius 1 is 0.613 bits per heavy atom. The zero-order valence-corrected chi connectivity index (χ0v) is 45.3. The largest absolute Gasteiger partial charge is 0.481 e. The van der Waals surface area contributed by atoms with Gasteiger partial charge in [0.15, 0.2) is 18.9 Å². The number of fused-ring (bicyclic) bond motifs is 7. The van der Waals surface area contributed by atoms with Gasteiger partial charge in [-0.1, -0.05) is 60.1 Å². The lowest BCUT2D eigenvalue weighted by Crippen LogP contribution is -2.71. The van der Waals surface area contributed by atoms with Crippen molar-refractivity contribution in [1.82, 2.24) is 16.0 Å². The van der Waals surface area contributed by atoms with E-state index >= 15 is 0 Å². The molecule has 25 atom stereocenters. The minimum atomic E-state index is -1.80. The maximum absolute atomic E-state index is 13.2. The van der Waals surface area contributed by atoms with Crippen molar-refractivity contribution in [1.29, 1.82) is 0 Å². The molecule has 3 amide bonds. The maximum Gasteiger partial charge on any atom is 0.310 e. The van der Waals surface area contributed by atoms with Crippen LogP contribution in [0.3, 0.4) is 0 Å². The molecule has 21 heteroatoms. The third-order valence-corrected chi connectivity index (χ3v) is 20.9. The number of carbonyl (C=O) groups is 4. The Balaban J connectivity index is 1.01. The van der Waals surface area contributed by atoms with Gasteiger partial charge in [-0.25, -0.2) is 0 Å². The van der Waals surface area contributed by atoms with Gasteiger partial charge in [-0.2, -0.15) is 0 Å². The summed E-state index contributed by atoms with van der Waals surface area (Å²) in [4.78, 5) is 51.0. The van der Waals surface area contributed by atoms with E-state index in [9.17, 15) is 60.0 Å². The molecule has 21 nitrogen and oxygen atoms in total. The molecular formula is C54H87N3O18. The average molecular weight is 1070 g/mol. The van der Waals surface area contributed by atoms with Gasteiger partial charge in [-0.3, -0.25) is 19.2 Å². The third kappa shape index (κ3) is 9.80. The van der Waals surface area contributed by atoms with Crippen molar-refractivity contribution in [2.24, 2.45) is 56.7 Å². The summed E-state index contributed by atoms with van der Waals surface area (Å²) >= 11 is 0. The predicted octanol–water partition coefficient (Wildman–Crippen LogP) is 0.994. The zero-order valence-electron chi connectivity index (χ0n) is 45.3. The molecule has 0 radical (unpaired) electrons. The van der Waals surface area contributed by atoms with Crippen LogP contribution in [0.15, 0.2) is 11.6 Å². The monoisotopic (exact) mass is 1070 g/mol. The summed E-state index contributed by atoms with van der Waals surface area (Å²) in [6.45, 7) is 17.6. The highest BCUT2D eigenvalue weighted by molar-refractivity contribution is 5.77. The molecule has 11 N–H and O–H groups in total. The number of nitrogens with one attached hydrogen (secondary N) is 3. The molecule has 75 heavy (non-hydrogen) atoms. The fourth-order valence-corrected chi connectivity index (χ4v) is 16.6. The van der Waals surface area contributed by atoms with Crippen molar-refractivity contribution in [3.8, 4) is 0 Å². The number of hydrogen-bond donors (Lipinski definition) is 11. The highest BCUT2D eigenvalue weighted by Gasteiger charge is 2.70. The van der Waals surface area contributed by atoms with Crippen LogP contribution in [-0.4, -0.2) is 182 Å². The summed E-state index contributed by atoms with van der Waals surface area (Å²) in [5.41, 5.74) is -0.159. The lowest BCUT2D eigenvalue weighted by atomic mass is 9.33. The minimum Gasteiger partial charge on any atom is -0.481 e. The van der Waals surface area contributed by atoms with Crippen molar-refractivity contribution in [3.63, 3.8) is 0 Å². The SMILES string of the molecule is CC(=O)N[C@H]1[C@H](O[C@H]2CC[C@]3(C)[C@H]4CC=C5[C@@H]6[C@@H](C)[C@H](C)CC[C@]6(C(=O)O)CC[C@@]5(C)[C@]4(C)CC[C@H]3C2(C)C)O[C@H](CO)[C@@H](O[C@@H]2O[C@H](CO)[C@@H](O[C@@H]3O[C@H](CO)[C@@H](O)[C@H](O)[C@H]3NC(C)=O)[C@H](O)[C@H]2NC(C)=O)[C@@H]1O. The van der Waals surface area contributed by atoms with Gasteiger partial charge in [-0.05, 0) is 109 Å². The van der Waals surface area contributed by atoms with E-state index in [1.807, 2.05) is 0 Å². The van der Waals surface area contributed by atoms with E-state index in [0.717, 1.165) is 52.4 Å². The number of carbonyl (C=O) groups excluding carboxylic acids is 3. The molecule has 3 heterocycles. The number of rotatable bonds is 13. The van der Waals surface area contributed by atoms with Crippen LogP contribution >= 0.6 is 0 Å². The predicted molar refractivity (Wildman–Crippen MR) is 265 cm³/mol. The number of allylic oxidation sites excluding steroid dienone is 2. The number of aliphatic carboxylic acids is 1. The summed E-state index contributed by atoms with van der Waals surface area (Å²) in [6, 6.07) is -4.21. The van der Waals surface area contributed by atoms with Crippen LogP contribution in [0.2, 0.25) is 0 Å². The molecule has 426 valence electrons. The third-order valence-electron chi connectivity index (χ3n) is 20.9. The molecule has 3 saturated heterocycles. The fourth-order valence-electron chi connectivity index (χ4n) is 16.6. The fraction of sp³-hybridized carbons (Fsp3) is 0.889. The van der Waals surface area contributed by atoms with E-state index in [4.69, 9.17) is 28.4 Å². The second-order valence-corrected chi connectivity index (χ2v) is 25.1. The van der Waals surface area contributed by atoms with Crippen molar-refractivity contribution in [3.05, 3.63) is 11.6 Å². The van der Waals surface area contributed by atoms with Crippen LogP contribution in [0.5, 0.6) is 0 Å². The standard InChI is InChI=1S/C54H87N3O18/c1-24-13-18-54(49(68)69)20-19-52(9)29(36(54)25(24)2)11-12-34-51(8)16-15-35(50(6,7)33(51)14-17-53(34,52)10)73-46-38(56-27(4)62)42(66)44(31(22-59)71-46)75-48-39(57-28(5)63)43(67)45(32(23-60)72-48)74-47-37(55-26(3)61)41(65)40(64)30(21-58)70-47/h11,24-25,30-48,58-60,64-67H,12-23H2,1-10H3,(H,55,61)(H,56,62)(H,57,63)(H,68,69)/t24-,25+,30-,31-,32-,33+,34-,35+,36+,37-,38-,39-,40-,41-,42-,43-,44-,45-,46+,47+,48+,51+,52-,53-,54+/m1/s1. The molecule has 0 aromatic rings. The Morgan fingerprint density at radius 2 is 1.11 bits per heavy atom. The Hall–Kier alpha value is -2.90. The second kappa shape index (κ2) is 21.6. The van der Waals surface area contributed by atoms with Crippen LogP contribution in [0.25, 0.3) is 0 Å². The summed E-state index contributed by atoms with van der Waals surface area (Å²) in [5, 5.41) is 95.7. The minimum absolute atomic E-state index is 0.00470. The van der Waals surface area contributed by atoms with Gasteiger partial charge < -0.3 is 85.2 Å². The zero-order chi connectivity index (χ0) is 55.1. The summed E-state index contributed by atoms with van der Waals surface area (Å²) in [6.07, 6.45) is -9.25. The molecule has 7 fully saturated rings. The quantitative estimate of drug-likeness (QED) is 0.0905. The van der Waals surface area contributed by atoms with Gasteiger partial charge in [0.2, 0.25) is 17.7 Å². The second-order valence-electron chi connectivity index (χ2n) is 25.1. The Labute approximate surface area is 440 Å². The highest BCUT2D eigenvalue weighted by atomic mass is 16.7. The number of ether oxygens (including phenoxy) is 6. The molecule has 5 aliphatic carbocycles. The first-order valence-electron chi connectivity index (χ1n) is 27.4. The van der Waals surface area contributed by atoms with Crippen molar-refractivity contribution < 1.29 is 88.5 Å². The molecule has 0 aromatic carbocycles. The highest BCUT2D eigenvalue weighted by Crippen LogP contribution is 2.76. The molecule has 8 rings (SSSR count). The normalized spacial score (nSPS) is 49.3. The van der Waals surface area contributed by atoms with E-state index < -0.39 is 152 Å². The Morgan fingerprint density at radius 3 is 1.60 bits per heavy atom. The van der Waals surface area contributed by atoms with Crippen LogP contribution in [-0.2, 0) is 47.6 Å². The number of aliphatic hydroxyl groups excluding tert-OH is 7. The van der Waals surface area contributed by atoms with Gasteiger partial charge in [0, 0.05) is 20.8 Å². The average Bonchev–Trinajstić information content (AvgIpc) is 3.34. The van der Waals surface area contributed by atoms with E-state index in [1.165, 1.54) is 12.5 Å². The van der Waals surface area contributed by atoms with Crippen molar-refractivity contribution in [2.75, 3.05) is 19.8 Å². The van der Waals surface area contributed by atoms with E-state index in [1.54, 1.807) is 0 Å². The molecule has 0 unspecified atom stereocenters. The first kappa shape index (κ1) is 58.3. The van der Waals surface area contributed by atoms with Crippen molar-refractivity contribution >= 4 is 23.7 Å². The maximum atomic E-state index is 13.2. The van der Waals surface area contributed by atoms with Gasteiger partial charge in [0.05, 0.1) is 31.3 Å². The summed E-state index contributed by atoms with van der Waals surface area (Å²) < 4.78 is 37.7. The molecule has 4 saturated carbocycles. The number of carboxylic acid groups (broad SMARTS) is 1. The van der Waals surface area contributed by atoms with E-state index in [2.05, 4.69) is 70.5 Å². The lowest BCUT2D eigenvalue weighted by molar-refractivity contribution is -0.358. The Bertz CT molecular complexity index is 2150. The van der Waals surface area contributed by atoms with Crippen LogP contribution in [0, 0.1) is 56.7 Å². The van der Waals surface area contributed by atoms with E-state index in [0.29, 0.717) is 31.1 Å². The topological polar surface area (TPSA) is 322 Å². The molecule has 0 bridgehead atoms. The molecular weight excluding hydrogens is 979 g/mol. The first-order chi connectivity index (χ1) is 35.1. The number of aliphatic hydroxyl groups is 7. The smallest absolute Gasteiger partial charge is 0.310 e. The van der Waals surface area contributed by atoms with Gasteiger partial charge >= 0.3 is 5.97 Å². The van der Waals surface area contributed by atoms with Crippen molar-refractivity contribution in [2.45, 2.75) is 225 Å². The number of carboxylic acids is 1. The molecule has 0 spiro atoms. The lowest BCUT2D eigenvalue weighted by Gasteiger charge is -2.71. The first-order valence-corrected chi connectivity index (χ1v) is 27.4. The van der Waals surface area contributed by atoms with E-state index in [-0.39, 0.29) is 34.0 Å². The molecule has 0 aromatic heterocycles. The molecule has 3 aliphatic heterocycles. The Kier molecular flexibility index (Phi) is 16.8. The summed E-state index contributed by atoms with van der Waals surface area (Å²) in [5.74, 6) is -1.26. The van der Waals surface area contributed by atoms with Crippen LogP contribution in [0.4, 0.5) is 0 Å². The summed E-state index contributed by atoms with van der Waals surface area (Å²) in [7, 11) is 0. The van der Waals surface area contributed by atoms with Gasteiger partial charge in [0.1, 0.15) is 73.1 Å². The molecule has 8 aliphatic rings. The van der Waals surface area contributed by atoms with Gasteiger partial charge in [0.25, 0.3) is 0 Å². The number of hydrogen-bond acceptors (Lipinski definition) is 17.